The number of hydrogen-bond acceptors (Lipinski definition) is 6. The second-order valence-corrected chi connectivity index (χ2v) is 2.58. The summed E-state index contributed by atoms with van der Waals surface area (Å²) in [7, 11) is -11.3. The maximum Gasteiger partial charge on any atom is 4.00 e. The van der Waals surface area contributed by atoms with Gasteiger partial charge in [-0.2, -0.15) is 0 Å². The van der Waals surface area contributed by atoms with Gasteiger partial charge in [-0.1, -0.05) is 0 Å². The van der Waals surface area contributed by atoms with E-state index >= 15 is 0 Å². The fourth-order valence-corrected chi connectivity index (χ4v) is 0. The van der Waals surface area contributed by atoms with Gasteiger partial charge in [-0.15, -0.1) is 0 Å². The zero-order valence-electron chi connectivity index (χ0n) is 4.60. The first-order chi connectivity index (χ1) is 4.00. The Labute approximate surface area is 61.4 Å². The van der Waals surface area contributed by atoms with E-state index in [1.807, 2.05) is 0 Å². The van der Waals surface area contributed by atoms with Crippen molar-refractivity contribution in [2.75, 3.05) is 0 Å². The van der Waals surface area contributed by atoms with E-state index in [-0.39, 0.29) is 7.43 Å². The van der Waals surface area contributed by atoms with Crippen LogP contribution in [0.3, 0.4) is 0 Å². The Morgan fingerprint density at radius 1 is 0.818 bits per heavy atom. The van der Waals surface area contributed by atoms with Crippen LogP contribution in [0.25, 0.3) is 0 Å². The van der Waals surface area contributed by atoms with Gasteiger partial charge in [0, 0.05) is 0 Å². The molecule has 0 aliphatic rings. The van der Waals surface area contributed by atoms with Gasteiger partial charge in [0.1, 0.15) is 15.8 Å². The van der Waals surface area contributed by atoms with Gasteiger partial charge >= 0.3 is 7.43 Å². The molecule has 0 aromatic rings. The van der Waals surface area contributed by atoms with Crippen molar-refractivity contribution in [3.05, 3.63) is 7.43 Å². The summed E-state index contributed by atoms with van der Waals surface area (Å²) in [5.41, 5.74) is 0. The van der Waals surface area contributed by atoms with Crippen LogP contribution in [0.5, 0.6) is 0 Å². The first kappa shape index (κ1) is 17.3. The Morgan fingerprint density at radius 2 is 0.818 bits per heavy atom. The van der Waals surface area contributed by atoms with E-state index in [9.17, 15) is 8.39 Å². The summed E-state index contributed by atoms with van der Waals surface area (Å²) in [6.45, 7) is 0. The zero-order chi connectivity index (χ0) is 9.00. The molecule has 0 radical (unpaired) electrons. The SMILES string of the molecule is O=P([O-])([O-])F.O=P([O-])([O-])F.[C+4]. The Bertz CT molecular complexity index is 131. The van der Waals surface area contributed by atoms with Gasteiger partial charge in [0.05, 0.1) is 0 Å². The maximum absolute atomic E-state index is 10.1. The molecule has 0 heterocycles. The molecule has 0 amide bonds. The zero-order valence-corrected chi connectivity index (χ0v) is 6.39. The Kier molecular flexibility index (Phi) is 9.07. The average Bonchev–Trinajstić information content (AvgIpc) is 1.12. The minimum atomic E-state index is -5.64. The summed E-state index contributed by atoms with van der Waals surface area (Å²) in [4.78, 5) is 33.8. The third kappa shape index (κ3) is 26400. The molecular weight excluding hydrogens is 208 g/mol. The molecular formula is CF2O6P2. The van der Waals surface area contributed by atoms with E-state index in [4.69, 9.17) is 28.7 Å². The smallest absolute Gasteiger partial charge is 0.786 e. The van der Waals surface area contributed by atoms with Crippen LogP contribution in [0.4, 0.5) is 8.39 Å². The molecule has 0 rings (SSSR count). The van der Waals surface area contributed by atoms with Crippen LogP contribution in [-0.4, -0.2) is 0 Å². The van der Waals surface area contributed by atoms with E-state index < -0.39 is 15.8 Å². The third-order valence-electron chi connectivity index (χ3n) is 0. The molecule has 6 nitrogen and oxygen atoms in total. The van der Waals surface area contributed by atoms with E-state index in [2.05, 4.69) is 0 Å². The van der Waals surface area contributed by atoms with Gasteiger partial charge in [0.25, 0.3) is 0 Å². The van der Waals surface area contributed by atoms with Gasteiger partial charge in [-0.05, 0) is 0 Å². The normalized spacial score (nSPS) is 10.7. The van der Waals surface area contributed by atoms with E-state index in [1.165, 1.54) is 0 Å². The Balaban J connectivity index is -0.000000107. The third-order valence-corrected chi connectivity index (χ3v) is 0. The van der Waals surface area contributed by atoms with Crippen molar-refractivity contribution in [3.63, 3.8) is 0 Å². The van der Waals surface area contributed by atoms with E-state index in [0.717, 1.165) is 0 Å². The monoisotopic (exact) mass is 208 g/mol. The summed E-state index contributed by atoms with van der Waals surface area (Å²) in [6, 6.07) is 0. The Hall–Kier alpha value is 0.160. The van der Waals surface area contributed by atoms with Crippen molar-refractivity contribution < 1.29 is 37.1 Å². The van der Waals surface area contributed by atoms with Crippen LogP contribution in [-0.2, 0) is 9.13 Å². The van der Waals surface area contributed by atoms with Crippen LogP contribution in [0, 0.1) is 7.43 Å². The summed E-state index contributed by atoms with van der Waals surface area (Å²) in [5, 5.41) is 0. The Morgan fingerprint density at radius 3 is 0.818 bits per heavy atom. The van der Waals surface area contributed by atoms with Gasteiger partial charge in [-0.25, -0.2) is 8.39 Å². The summed E-state index contributed by atoms with van der Waals surface area (Å²) >= 11 is 0. The van der Waals surface area contributed by atoms with Gasteiger partial charge in [-0.3, -0.25) is 0 Å². The first-order valence-electron chi connectivity index (χ1n) is 1.43. The minimum Gasteiger partial charge on any atom is -0.786 e. The van der Waals surface area contributed by atoms with Crippen LogP contribution in [0.1, 0.15) is 0 Å². The standard InChI is InChI=1S/C.2FH2O3P/c;2*1-5(2,3)4/h;2*(H2,2,3,4)/q+4;;/p-4. The molecule has 0 aliphatic heterocycles. The summed E-state index contributed by atoms with van der Waals surface area (Å²) < 4.78 is 37.1. The molecule has 64 valence electrons. The van der Waals surface area contributed by atoms with E-state index in [0.29, 0.717) is 0 Å². The largest absolute Gasteiger partial charge is 4.00 e. The van der Waals surface area contributed by atoms with Gasteiger partial charge < -0.3 is 28.7 Å². The molecule has 0 aliphatic carbocycles. The number of hydrogen-bond donors (Lipinski definition) is 0. The molecule has 0 spiro atoms. The molecule has 11 heavy (non-hydrogen) atoms. The molecule has 0 saturated carbocycles. The van der Waals surface area contributed by atoms with Gasteiger partial charge in [0.2, 0.25) is 0 Å². The fraction of sp³-hybridized carbons (Fsp3) is 0. The van der Waals surface area contributed by atoms with Crippen molar-refractivity contribution in [3.8, 4) is 0 Å². The quantitative estimate of drug-likeness (QED) is 0.410. The van der Waals surface area contributed by atoms with Crippen molar-refractivity contribution in [1.82, 2.24) is 0 Å². The topological polar surface area (TPSA) is 126 Å². The molecule has 0 bridgehead atoms. The predicted octanol–water partition coefficient (Wildman–Crippen LogP) is -2.35. The maximum atomic E-state index is 10.1. The fourth-order valence-electron chi connectivity index (χ4n) is 0. The second kappa shape index (κ2) is 5.77. The number of halogens is 2. The van der Waals surface area contributed by atoms with E-state index in [1.54, 1.807) is 0 Å². The van der Waals surface area contributed by atoms with Crippen molar-refractivity contribution >= 4 is 15.8 Å². The predicted molar refractivity (Wildman–Crippen MR) is 20.7 cm³/mol. The molecule has 0 atom stereocenters. The molecule has 0 aromatic heterocycles. The molecule has 0 aromatic carbocycles. The first-order valence-corrected chi connectivity index (χ1v) is 4.30. The van der Waals surface area contributed by atoms with Crippen LogP contribution >= 0.6 is 15.8 Å². The average molecular weight is 208 g/mol. The molecule has 0 N–H and O–H groups in total. The van der Waals surface area contributed by atoms with Crippen molar-refractivity contribution in [2.45, 2.75) is 0 Å². The van der Waals surface area contributed by atoms with Gasteiger partial charge in [0.15, 0.2) is 0 Å². The van der Waals surface area contributed by atoms with Crippen molar-refractivity contribution in [1.29, 1.82) is 0 Å². The molecule has 0 fully saturated rings. The minimum absolute atomic E-state index is 0. The van der Waals surface area contributed by atoms with Crippen molar-refractivity contribution in [2.24, 2.45) is 0 Å². The summed E-state index contributed by atoms with van der Waals surface area (Å²) in [5.74, 6) is 0. The molecule has 10 heteroatoms. The summed E-state index contributed by atoms with van der Waals surface area (Å²) in [6.07, 6.45) is 0. The second-order valence-electron chi connectivity index (χ2n) is 0.861. The van der Waals surface area contributed by atoms with Crippen LogP contribution < -0.4 is 19.6 Å². The number of rotatable bonds is 0. The molecule has 0 saturated heterocycles. The van der Waals surface area contributed by atoms with Crippen LogP contribution in [0.2, 0.25) is 0 Å². The van der Waals surface area contributed by atoms with Crippen LogP contribution in [0.15, 0.2) is 0 Å². The molecule has 0 unspecified atom stereocenters.